The average Bonchev–Trinajstić information content (AvgIpc) is 2.58. The zero-order valence-corrected chi connectivity index (χ0v) is 10.2. The molecular formula is C9H16N2OS2. The Morgan fingerprint density at radius 3 is 3.00 bits per heavy atom. The Morgan fingerprint density at radius 2 is 2.43 bits per heavy atom. The molecule has 0 saturated carbocycles. The van der Waals surface area contributed by atoms with Crippen molar-refractivity contribution in [3.8, 4) is 0 Å². The van der Waals surface area contributed by atoms with E-state index in [0.717, 1.165) is 30.3 Å². The third kappa shape index (κ3) is 3.86. The molecule has 0 bridgehead atoms. The molecule has 0 spiro atoms. The van der Waals surface area contributed by atoms with Gasteiger partial charge in [0, 0.05) is 40.3 Å². The lowest BCUT2D eigenvalue weighted by Gasteiger charge is -2.02. The van der Waals surface area contributed by atoms with Crippen LogP contribution in [0.25, 0.3) is 0 Å². The fraction of sp³-hybridized carbons (Fsp3) is 0.667. The van der Waals surface area contributed by atoms with Gasteiger partial charge in [-0.2, -0.15) is 0 Å². The standard InChI is InChI=1S/C9H16N2OS2/c1-3-14(12)5-4-10-6-9-8(2)11-7-13-9/h7,10H,3-6H2,1-2H3. The second-order valence-corrected chi connectivity index (χ2v) is 5.77. The van der Waals surface area contributed by atoms with E-state index in [-0.39, 0.29) is 0 Å². The first-order chi connectivity index (χ1) is 6.74. The first-order valence-corrected chi connectivity index (χ1v) is 7.05. The van der Waals surface area contributed by atoms with Gasteiger partial charge in [0.05, 0.1) is 11.2 Å². The minimum absolute atomic E-state index is 0.655. The largest absolute Gasteiger partial charge is 0.311 e. The van der Waals surface area contributed by atoms with Crippen LogP contribution < -0.4 is 5.32 Å². The molecule has 1 atom stereocenters. The summed E-state index contributed by atoms with van der Waals surface area (Å²) in [6, 6.07) is 0. The normalized spacial score (nSPS) is 13.0. The highest BCUT2D eigenvalue weighted by Gasteiger charge is 2.00. The van der Waals surface area contributed by atoms with Crippen molar-refractivity contribution < 1.29 is 4.21 Å². The molecule has 0 amide bonds. The molecule has 1 unspecified atom stereocenters. The summed E-state index contributed by atoms with van der Waals surface area (Å²) in [7, 11) is -0.655. The number of rotatable bonds is 6. The molecule has 1 rings (SSSR count). The molecule has 0 radical (unpaired) electrons. The van der Waals surface area contributed by atoms with Gasteiger partial charge >= 0.3 is 0 Å². The van der Waals surface area contributed by atoms with Gasteiger partial charge < -0.3 is 5.32 Å². The molecule has 1 aromatic rings. The van der Waals surface area contributed by atoms with Crippen LogP contribution in [0.2, 0.25) is 0 Å². The van der Waals surface area contributed by atoms with Gasteiger partial charge in [0.25, 0.3) is 0 Å². The van der Waals surface area contributed by atoms with Crippen LogP contribution >= 0.6 is 11.3 Å². The molecule has 0 aliphatic carbocycles. The summed E-state index contributed by atoms with van der Waals surface area (Å²) in [4.78, 5) is 5.44. The van der Waals surface area contributed by atoms with E-state index in [0.29, 0.717) is 0 Å². The number of nitrogens with one attached hydrogen (secondary N) is 1. The van der Waals surface area contributed by atoms with Gasteiger partial charge in [0.15, 0.2) is 0 Å². The second kappa shape index (κ2) is 6.27. The van der Waals surface area contributed by atoms with E-state index in [2.05, 4.69) is 10.3 Å². The third-order valence-electron chi connectivity index (χ3n) is 1.96. The Kier molecular flexibility index (Phi) is 5.29. The van der Waals surface area contributed by atoms with Crippen LogP contribution in [0.4, 0.5) is 0 Å². The molecule has 0 aliphatic rings. The van der Waals surface area contributed by atoms with Crippen LogP contribution in [0.3, 0.4) is 0 Å². The zero-order chi connectivity index (χ0) is 10.4. The first-order valence-electron chi connectivity index (χ1n) is 4.68. The highest BCUT2D eigenvalue weighted by Crippen LogP contribution is 2.10. The molecule has 0 saturated heterocycles. The van der Waals surface area contributed by atoms with E-state index in [4.69, 9.17) is 0 Å². The molecule has 1 heterocycles. The van der Waals surface area contributed by atoms with Crippen molar-refractivity contribution in [3.05, 3.63) is 16.1 Å². The summed E-state index contributed by atoms with van der Waals surface area (Å²) < 4.78 is 11.1. The monoisotopic (exact) mass is 232 g/mol. The number of hydrogen-bond donors (Lipinski definition) is 1. The third-order valence-corrected chi connectivity index (χ3v) is 4.20. The van der Waals surface area contributed by atoms with Gasteiger partial charge in [-0.1, -0.05) is 6.92 Å². The summed E-state index contributed by atoms with van der Waals surface area (Å²) in [6.07, 6.45) is 0. The maximum absolute atomic E-state index is 11.1. The smallest absolute Gasteiger partial charge is 0.0798 e. The van der Waals surface area contributed by atoms with Crippen LogP contribution in [0, 0.1) is 6.92 Å². The van der Waals surface area contributed by atoms with Gasteiger partial charge in [-0.15, -0.1) is 11.3 Å². The van der Waals surface area contributed by atoms with Crippen molar-refractivity contribution in [2.24, 2.45) is 0 Å². The van der Waals surface area contributed by atoms with Crippen molar-refractivity contribution in [3.63, 3.8) is 0 Å². The fourth-order valence-corrected chi connectivity index (χ4v) is 2.44. The molecule has 80 valence electrons. The number of hydrogen-bond acceptors (Lipinski definition) is 4. The summed E-state index contributed by atoms with van der Waals surface area (Å²) in [6.45, 7) is 5.62. The maximum atomic E-state index is 11.1. The van der Waals surface area contributed by atoms with Crippen molar-refractivity contribution >= 4 is 22.1 Å². The highest BCUT2D eigenvalue weighted by molar-refractivity contribution is 7.84. The van der Waals surface area contributed by atoms with Crippen molar-refractivity contribution in [2.45, 2.75) is 20.4 Å². The minimum atomic E-state index is -0.655. The molecule has 0 aromatic carbocycles. The first kappa shape index (κ1) is 11.8. The SMILES string of the molecule is CCS(=O)CCNCc1scnc1C. The molecular weight excluding hydrogens is 216 g/mol. The Hall–Kier alpha value is -0.260. The van der Waals surface area contributed by atoms with E-state index in [1.807, 2.05) is 19.4 Å². The fourth-order valence-electron chi connectivity index (χ4n) is 1.03. The van der Waals surface area contributed by atoms with Gasteiger partial charge in [-0.25, -0.2) is 4.98 Å². The maximum Gasteiger partial charge on any atom is 0.0798 e. The summed E-state index contributed by atoms with van der Waals surface area (Å²) in [5.74, 6) is 1.50. The molecule has 14 heavy (non-hydrogen) atoms. The van der Waals surface area contributed by atoms with Gasteiger partial charge in [-0.3, -0.25) is 4.21 Å². The van der Waals surface area contributed by atoms with Crippen LogP contribution in [0.1, 0.15) is 17.5 Å². The Labute approximate surface area is 91.4 Å². The highest BCUT2D eigenvalue weighted by atomic mass is 32.2. The van der Waals surface area contributed by atoms with Crippen molar-refractivity contribution in [2.75, 3.05) is 18.1 Å². The summed E-state index contributed by atoms with van der Waals surface area (Å²) >= 11 is 1.66. The second-order valence-electron chi connectivity index (χ2n) is 2.97. The zero-order valence-electron chi connectivity index (χ0n) is 8.58. The van der Waals surface area contributed by atoms with E-state index >= 15 is 0 Å². The number of thiazole rings is 1. The summed E-state index contributed by atoms with van der Waals surface area (Å²) in [5.41, 5.74) is 2.95. The number of nitrogens with zero attached hydrogens (tertiary/aromatic N) is 1. The van der Waals surface area contributed by atoms with E-state index in [1.54, 1.807) is 11.3 Å². The molecule has 1 N–H and O–H groups in total. The van der Waals surface area contributed by atoms with Gasteiger partial charge in [0.2, 0.25) is 0 Å². The molecule has 0 fully saturated rings. The Balaban J connectivity index is 2.16. The Morgan fingerprint density at radius 1 is 1.64 bits per heavy atom. The lowest BCUT2D eigenvalue weighted by Crippen LogP contribution is -2.20. The van der Waals surface area contributed by atoms with Crippen LogP contribution in [-0.4, -0.2) is 27.2 Å². The molecule has 0 aliphatic heterocycles. The number of aromatic nitrogens is 1. The predicted molar refractivity (Wildman–Crippen MR) is 62.1 cm³/mol. The quantitative estimate of drug-likeness (QED) is 0.752. The average molecular weight is 232 g/mol. The molecule has 1 aromatic heterocycles. The summed E-state index contributed by atoms with van der Waals surface area (Å²) in [5, 5.41) is 3.27. The lowest BCUT2D eigenvalue weighted by molar-refractivity contribution is 0.674. The number of aryl methyl sites for hydroxylation is 1. The van der Waals surface area contributed by atoms with E-state index < -0.39 is 10.8 Å². The van der Waals surface area contributed by atoms with E-state index in [9.17, 15) is 4.21 Å². The lowest BCUT2D eigenvalue weighted by atomic mass is 10.4. The van der Waals surface area contributed by atoms with Gasteiger partial charge in [0.1, 0.15) is 0 Å². The van der Waals surface area contributed by atoms with Crippen molar-refractivity contribution in [1.29, 1.82) is 0 Å². The minimum Gasteiger partial charge on any atom is -0.311 e. The van der Waals surface area contributed by atoms with Crippen LogP contribution in [0.5, 0.6) is 0 Å². The Bertz CT molecular complexity index is 299. The predicted octanol–water partition coefficient (Wildman–Crippen LogP) is 1.31. The van der Waals surface area contributed by atoms with Crippen molar-refractivity contribution in [1.82, 2.24) is 10.3 Å². The topological polar surface area (TPSA) is 42.0 Å². The van der Waals surface area contributed by atoms with Gasteiger partial charge in [-0.05, 0) is 6.92 Å². The molecule has 5 heteroatoms. The van der Waals surface area contributed by atoms with Crippen LogP contribution in [0.15, 0.2) is 5.51 Å². The molecule has 3 nitrogen and oxygen atoms in total. The van der Waals surface area contributed by atoms with E-state index in [1.165, 1.54) is 4.88 Å². The van der Waals surface area contributed by atoms with Crippen LogP contribution in [-0.2, 0) is 17.3 Å².